The highest BCUT2D eigenvalue weighted by Gasteiger charge is 2.04. The molecule has 0 spiro atoms. The normalized spacial score (nSPS) is 9.67. The van der Waals surface area contributed by atoms with Crippen molar-refractivity contribution in [3.63, 3.8) is 0 Å². The zero-order valence-electron chi connectivity index (χ0n) is 7.66. The first kappa shape index (κ1) is 8.87. The number of rotatable bonds is 2. The highest BCUT2D eigenvalue weighted by Crippen LogP contribution is 2.25. The fraction of sp³-hybridized carbons (Fsp3) is 0.333. The smallest absolute Gasteiger partial charge is 0.123 e. The molecule has 12 heavy (non-hydrogen) atoms. The number of methoxy groups -OCH3 is 1. The number of nitrogens with two attached hydrogens (primary N) is 1. The Morgan fingerprint density at radius 1 is 1.42 bits per heavy atom. The minimum atomic E-state index is 0.866. The molecule has 0 unspecified atom stereocenters. The molecule has 1 aromatic carbocycles. The maximum absolute atomic E-state index is 5.62. The lowest BCUT2D eigenvalue weighted by molar-refractivity contribution is 0.412. The van der Waals surface area contributed by atoms with Crippen LogP contribution in [0.4, 0.5) is 5.69 Å². The van der Waals surface area contributed by atoms with Crippen LogP contribution in [0.1, 0.15) is 5.56 Å². The van der Waals surface area contributed by atoms with E-state index in [-0.39, 0.29) is 0 Å². The molecule has 0 fully saturated rings. The summed E-state index contributed by atoms with van der Waals surface area (Å²) >= 11 is 0. The van der Waals surface area contributed by atoms with E-state index in [1.165, 1.54) is 0 Å². The molecule has 3 heteroatoms. The first-order chi connectivity index (χ1) is 5.66. The summed E-state index contributed by atoms with van der Waals surface area (Å²) in [7, 11) is 3.46. The van der Waals surface area contributed by atoms with Gasteiger partial charge >= 0.3 is 0 Å². The molecule has 3 nitrogen and oxygen atoms in total. The summed E-state index contributed by atoms with van der Waals surface area (Å²) in [4.78, 5) is 0. The minimum absolute atomic E-state index is 0.866. The molecule has 0 saturated heterocycles. The molecule has 66 valence electrons. The number of hydrogen-bond donors (Lipinski definition) is 1. The van der Waals surface area contributed by atoms with Crippen molar-refractivity contribution in [3.8, 4) is 5.75 Å². The predicted molar refractivity (Wildman–Crippen MR) is 50.3 cm³/mol. The Balaban J connectivity index is 3.14. The third-order valence-electron chi connectivity index (χ3n) is 1.86. The fourth-order valence-corrected chi connectivity index (χ4v) is 1.21. The monoisotopic (exact) mass is 166 g/mol. The zero-order chi connectivity index (χ0) is 9.14. The second kappa shape index (κ2) is 3.45. The lowest BCUT2D eigenvalue weighted by Gasteiger charge is -2.16. The van der Waals surface area contributed by atoms with Crippen LogP contribution in [0.3, 0.4) is 0 Å². The van der Waals surface area contributed by atoms with E-state index in [4.69, 9.17) is 10.6 Å². The standard InChI is InChI=1S/C9H14N2O/c1-7-8(11(2)10)5-4-6-9(7)12-3/h4-6H,10H2,1-3H3. The Kier molecular flexibility index (Phi) is 2.55. The maximum Gasteiger partial charge on any atom is 0.123 e. The van der Waals surface area contributed by atoms with Gasteiger partial charge in [-0.05, 0) is 19.1 Å². The van der Waals surface area contributed by atoms with Gasteiger partial charge in [0.1, 0.15) is 5.75 Å². The average Bonchev–Trinajstić information content (AvgIpc) is 2.04. The van der Waals surface area contributed by atoms with Gasteiger partial charge < -0.3 is 9.75 Å². The first-order valence-electron chi connectivity index (χ1n) is 3.79. The number of ether oxygens (including phenoxy) is 1. The van der Waals surface area contributed by atoms with Crippen molar-refractivity contribution in [1.82, 2.24) is 0 Å². The van der Waals surface area contributed by atoms with Gasteiger partial charge in [0.05, 0.1) is 12.8 Å². The molecule has 0 heterocycles. The van der Waals surface area contributed by atoms with Gasteiger partial charge in [0.15, 0.2) is 0 Å². The van der Waals surface area contributed by atoms with E-state index < -0.39 is 0 Å². The van der Waals surface area contributed by atoms with Crippen LogP contribution in [0, 0.1) is 6.92 Å². The van der Waals surface area contributed by atoms with Crippen LogP contribution in [-0.4, -0.2) is 14.2 Å². The van der Waals surface area contributed by atoms with Crippen molar-refractivity contribution in [3.05, 3.63) is 23.8 Å². The molecular formula is C9H14N2O. The van der Waals surface area contributed by atoms with Gasteiger partial charge in [-0.3, -0.25) is 0 Å². The van der Waals surface area contributed by atoms with Gasteiger partial charge in [-0.25, -0.2) is 5.84 Å². The number of anilines is 1. The van der Waals surface area contributed by atoms with Crippen molar-refractivity contribution in [2.75, 3.05) is 19.2 Å². The lowest BCUT2D eigenvalue weighted by atomic mass is 10.2. The highest BCUT2D eigenvalue weighted by atomic mass is 16.5. The largest absolute Gasteiger partial charge is 0.496 e. The number of nitrogens with zero attached hydrogens (tertiary/aromatic N) is 1. The van der Waals surface area contributed by atoms with Gasteiger partial charge in [-0.1, -0.05) is 6.07 Å². The van der Waals surface area contributed by atoms with E-state index in [2.05, 4.69) is 0 Å². The summed E-state index contributed by atoms with van der Waals surface area (Å²) in [6, 6.07) is 5.80. The summed E-state index contributed by atoms with van der Waals surface area (Å²) in [6.45, 7) is 1.98. The second-order valence-corrected chi connectivity index (χ2v) is 2.72. The van der Waals surface area contributed by atoms with Gasteiger partial charge in [0.25, 0.3) is 0 Å². The van der Waals surface area contributed by atoms with Gasteiger partial charge in [-0.15, -0.1) is 0 Å². The van der Waals surface area contributed by atoms with Crippen molar-refractivity contribution in [1.29, 1.82) is 0 Å². The lowest BCUT2D eigenvalue weighted by Crippen LogP contribution is -2.25. The Bertz CT molecular complexity index is 271. The maximum atomic E-state index is 5.62. The van der Waals surface area contributed by atoms with Crippen molar-refractivity contribution in [2.45, 2.75) is 6.92 Å². The second-order valence-electron chi connectivity index (χ2n) is 2.72. The van der Waals surface area contributed by atoms with Crippen LogP contribution < -0.4 is 15.6 Å². The third kappa shape index (κ3) is 1.51. The average molecular weight is 166 g/mol. The van der Waals surface area contributed by atoms with Gasteiger partial charge in [-0.2, -0.15) is 0 Å². The summed E-state index contributed by atoms with van der Waals surface area (Å²) in [5.74, 6) is 6.48. The quantitative estimate of drug-likeness (QED) is 0.532. The molecule has 0 amide bonds. The topological polar surface area (TPSA) is 38.5 Å². The van der Waals surface area contributed by atoms with Crippen LogP contribution in [0.5, 0.6) is 5.75 Å². The highest BCUT2D eigenvalue weighted by molar-refractivity contribution is 5.57. The van der Waals surface area contributed by atoms with E-state index >= 15 is 0 Å². The summed E-state index contributed by atoms with van der Waals surface area (Å²) in [6.07, 6.45) is 0. The Morgan fingerprint density at radius 2 is 2.08 bits per heavy atom. The Morgan fingerprint density at radius 3 is 2.58 bits per heavy atom. The summed E-state index contributed by atoms with van der Waals surface area (Å²) in [5, 5.41) is 1.58. The van der Waals surface area contributed by atoms with Gasteiger partial charge in [0.2, 0.25) is 0 Å². The van der Waals surface area contributed by atoms with Crippen molar-refractivity contribution < 1.29 is 4.74 Å². The number of hydrazine groups is 1. The van der Waals surface area contributed by atoms with Crippen LogP contribution in [-0.2, 0) is 0 Å². The molecule has 0 atom stereocenters. The number of hydrogen-bond acceptors (Lipinski definition) is 3. The fourth-order valence-electron chi connectivity index (χ4n) is 1.21. The van der Waals surface area contributed by atoms with E-state index in [0.717, 1.165) is 17.0 Å². The molecule has 0 bridgehead atoms. The first-order valence-corrected chi connectivity index (χ1v) is 3.79. The van der Waals surface area contributed by atoms with Gasteiger partial charge in [0, 0.05) is 12.6 Å². The van der Waals surface area contributed by atoms with E-state index in [1.807, 2.05) is 32.2 Å². The molecule has 0 radical (unpaired) electrons. The minimum Gasteiger partial charge on any atom is -0.496 e. The number of benzene rings is 1. The molecule has 0 aromatic heterocycles. The SMILES string of the molecule is COc1cccc(N(C)N)c1C. The van der Waals surface area contributed by atoms with Crippen molar-refractivity contribution >= 4 is 5.69 Å². The Labute approximate surface area is 72.7 Å². The molecule has 0 aliphatic heterocycles. The summed E-state index contributed by atoms with van der Waals surface area (Å²) < 4.78 is 5.15. The van der Waals surface area contributed by atoms with E-state index in [1.54, 1.807) is 12.1 Å². The van der Waals surface area contributed by atoms with Crippen LogP contribution in [0.2, 0.25) is 0 Å². The van der Waals surface area contributed by atoms with Crippen LogP contribution in [0.25, 0.3) is 0 Å². The Hall–Kier alpha value is -1.22. The predicted octanol–water partition coefficient (Wildman–Crippen LogP) is 1.31. The van der Waals surface area contributed by atoms with E-state index in [0.29, 0.717) is 0 Å². The summed E-state index contributed by atoms with van der Waals surface area (Å²) in [5.41, 5.74) is 2.04. The molecule has 1 aromatic rings. The zero-order valence-corrected chi connectivity index (χ0v) is 7.66. The van der Waals surface area contributed by atoms with Crippen LogP contribution in [0.15, 0.2) is 18.2 Å². The molecule has 0 saturated carbocycles. The molecule has 0 aliphatic carbocycles. The molecular weight excluding hydrogens is 152 g/mol. The van der Waals surface area contributed by atoms with Crippen LogP contribution >= 0.6 is 0 Å². The molecule has 2 N–H and O–H groups in total. The van der Waals surface area contributed by atoms with Crippen molar-refractivity contribution in [2.24, 2.45) is 5.84 Å². The van der Waals surface area contributed by atoms with E-state index in [9.17, 15) is 0 Å². The molecule has 1 rings (SSSR count). The molecule has 0 aliphatic rings. The third-order valence-corrected chi connectivity index (χ3v) is 1.86.